The van der Waals surface area contributed by atoms with Crippen LogP contribution < -0.4 is 25.2 Å². The van der Waals surface area contributed by atoms with E-state index in [9.17, 15) is 5.26 Å². The van der Waals surface area contributed by atoms with Gasteiger partial charge in [0.2, 0.25) is 5.95 Å². The van der Waals surface area contributed by atoms with E-state index in [1.54, 1.807) is 31.5 Å². The molecule has 0 aliphatic carbocycles. The van der Waals surface area contributed by atoms with Gasteiger partial charge in [0.1, 0.15) is 17.6 Å². The molecule has 0 bridgehead atoms. The molecule has 0 aliphatic heterocycles. The molecular weight excluding hydrogens is 400 g/mol. The van der Waals surface area contributed by atoms with Crippen LogP contribution in [0.4, 0.5) is 11.6 Å². The molecule has 8 nitrogen and oxygen atoms in total. The predicted molar refractivity (Wildman–Crippen MR) is 118 cm³/mol. The molecule has 0 radical (unpaired) electrons. The lowest BCUT2D eigenvalue weighted by molar-refractivity contribution is 0.405. The molecule has 0 amide bonds. The molecule has 154 valence electrons. The van der Waals surface area contributed by atoms with Crippen LogP contribution in [0.15, 0.2) is 53.6 Å². The highest BCUT2D eigenvalue weighted by Crippen LogP contribution is 2.31. The van der Waals surface area contributed by atoms with Crippen LogP contribution in [0.1, 0.15) is 5.56 Å². The number of methoxy groups -OCH3 is 2. The number of nitrogens with zero attached hydrogens (tertiary/aromatic N) is 3. The number of aromatic nitrogens is 2. The Labute approximate surface area is 179 Å². The second-order valence-electron chi connectivity index (χ2n) is 6.07. The van der Waals surface area contributed by atoms with Crippen molar-refractivity contribution in [3.05, 3.63) is 54.2 Å². The first-order valence-electron chi connectivity index (χ1n) is 9.15. The number of rotatable bonds is 9. The summed E-state index contributed by atoms with van der Waals surface area (Å²) in [5, 5.41) is 12.5. The standard InChI is InChI=1S/C21H22N6O2S/c1-28-18-5-3-14(11-15(18)13-23)17-7-9-24-21(27-17)26-16-4-6-20(19(12-16)29-2)30-25-10-8-22/h3-7,9,11-12,25H,8,10,22H2,1-2H3,(H,24,26,27). The van der Waals surface area contributed by atoms with E-state index >= 15 is 0 Å². The van der Waals surface area contributed by atoms with Crippen molar-refractivity contribution in [3.63, 3.8) is 0 Å². The number of nitriles is 1. The van der Waals surface area contributed by atoms with E-state index in [1.807, 2.05) is 24.3 Å². The molecule has 0 aliphatic rings. The number of nitrogens with one attached hydrogen (secondary N) is 2. The molecule has 0 unspecified atom stereocenters. The molecule has 9 heteroatoms. The zero-order valence-electron chi connectivity index (χ0n) is 16.7. The summed E-state index contributed by atoms with van der Waals surface area (Å²) < 4.78 is 13.9. The Morgan fingerprint density at radius 2 is 1.93 bits per heavy atom. The van der Waals surface area contributed by atoms with E-state index in [-0.39, 0.29) is 0 Å². The molecule has 0 saturated heterocycles. The summed E-state index contributed by atoms with van der Waals surface area (Å²) >= 11 is 1.47. The Morgan fingerprint density at radius 1 is 1.10 bits per heavy atom. The molecule has 0 saturated carbocycles. The van der Waals surface area contributed by atoms with Crippen molar-refractivity contribution in [2.75, 3.05) is 32.6 Å². The summed E-state index contributed by atoms with van der Waals surface area (Å²) in [6.07, 6.45) is 1.67. The molecule has 2 aromatic carbocycles. The van der Waals surface area contributed by atoms with Gasteiger partial charge in [-0.05, 0) is 48.3 Å². The summed E-state index contributed by atoms with van der Waals surface area (Å²) in [5.74, 6) is 1.68. The number of nitrogens with two attached hydrogens (primary N) is 1. The van der Waals surface area contributed by atoms with E-state index in [4.69, 9.17) is 15.2 Å². The van der Waals surface area contributed by atoms with Gasteiger partial charge in [0, 0.05) is 36.6 Å². The Bertz CT molecular complexity index is 1050. The van der Waals surface area contributed by atoms with Gasteiger partial charge in [-0.25, -0.2) is 9.97 Å². The topological polar surface area (TPSA) is 118 Å². The van der Waals surface area contributed by atoms with Crippen LogP contribution in [-0.4, -0.2) is 37.3 Å². The quantitative estimate of drug-likeness (QED) is 0.352. The molecule has 0 spiro atoms. The summed E-state index contributed by atoms with van der Waals surface area (Å²) in [5.41, 5.74) is 8.24. The summed E-state index contributed by atoms with van der Waals surface area (Å²) in [6.45, 7) is 1.26. The smallest absolute Gasteiger partial charge is 0.227 e. The fourth-order valence-corrected chi connectivity index (χ4v) is 3.44. The first-order chi connectivity index (χ1) is 14.7. The van der Waals surface area contributed by atoms with Gasteiger partial charge in [-0.2, -0.15) is 5.26 Å². The Morgan fingerprint density at radius 3 is 2.67 bits per heavy atom. The van der Waals surface area contributed by atoms with Gasteiger partial charge in [-0.1, -0.05) is 0 Å². The van der Waals surface area contributed by atoms with Gasteiger partial charge in [0.15, 0.2) is 0 Å². The van der Waals surface area contributed by atoms with Crippen molar-refractivity contribution in [2.24, 2.45) is 5.73 Å². The van der Waals surface area contributed by atoms with Crippen molar-refractivity contribution < 1.29 is 9.47 Å². The van der Waals surface area contributed by atoms with Crippen LogP contribution in [0.25, 0.3) is 11.3 Å². The fraction of sp³-hybridized carbons (Fsp3) is 0.190. The van der Waals surface area contributed by atoms with Crippen LogP contribution in [0.2, 0.25) is 0 Å². The van der Waals surface area contributed by atoms with Crippen LogP contribution >= 0.6 is 11.9 Å². The second-order valence-corrected chi connectivity index (χ2v) is 7.00. The van der Waals surface area contributed by atoms with Gasteiger partial charge in [-0.15, -0.1) is 0 Å². The maximum Gasteiger partial charge on any atom is 0.227 e. The molecule has 0 atom stereocenters. The minimum atomic E-state index is 0.436. The predicted octanol–water partition coefficient (Wildman–Crippen LogP) is 3.33. The van der Waals surface area contributed by atoms with Crippen molar-refractivity contribution in [1.82, 2.24) is 14.7 Å². The molecule has 3 rings (SSSR count). The van der Waals surface area contributed by atoms with Crippen molar-refractivity contribution in [3.8, 4) is 28.8 Å². The molecular formula is C21H22N6O2S. The SMILES string of the molecule is COc1ccc(-c2ccnc(Nc3ccc(SNCCN)c(OC)c3)n2)cc1C#N. The average molecular weight is 423 g/mol. The van der Waals surface area contributed by atoms with Gasteiger partial charge in [-0.3, -0.25) is 4.72 Å². The van der Waals surface area contributed by atoms with Crippen LogP contribution in [0.3, 0.4) is 0 Å². The van der Waals surface area contributed by atoms with Crippen molar-refractivity contribution in [2.45, 2.75) is 4.90 Å². The van der Waals surface area contributed by atoms with Crippen molar-refractivity contribution >= 4 is 23.6 Å². The lowest BCUT2D eigenvalue weighted by Gasteiger charge is -2.12. The lowest BCUT2D eigenvalue weighted by atomic mass is 10.1. The van der Waals surface area contributed by atoms with E-state index in [0.717, 1.165) is 21.9 Å². The van der Waals surface area contributed by atoms with Crippen LogP contribution in [-0.2, 0) is 0 Å². The minimum absolute atomic E-state index is 0.436. The van der Waals surface area contributed by atoms with Crippen LogP contribution in [0, 0.1) is 11.3 Å². The summed E-state index contributed by atoms with van der Waals surface area (Å²) in [7, 11) is 3.16. The monoisotopic (exact) mass is 422 g/mol. The van der Waals surface area contributed by atoms with Gasteiger partial charge < -0.3 is 20.5 Å². The zero-order chi connectivity index (χ0) is 21.3. The third-order valence-corrected chi connectivity index (χ3v) is 5.03. The Kier molecular flexibility index (Phi) is 7.45. The van der Waals surface area contributed by atoms with Gasteiger partial charge in [0.25, 0.3) is 0 Å². The highest BCUT2D eigenvalue weighted by Gasteiger charge is 2.09. The second kappa shape index (κ2) is 10.5. The summed E-state index contributed by atoms with van der Waals surface area (Å²) in [4.78, 5) is 9.81. The molecule has 1 heterocycles. The van der Waals surface area contributed by atoms with E-state index in [1.165, 1.54) is 19.1 Å². The first kappa shape index (κ1) is 21.4. The Hall–Kier alpha value is -3.32. The molecule has 3 aromatic rings. The van der Waals surface area contributed by atoms with Gasteiger partial charge >= 0.3 is 0 Å². The number of hydrogen-bond acceptors (Lipinski definition) is 9. The summed E-state index contributed by atoms with van der Waals surface area (Å²) in [6, 6.07) is 15.0. The average Bonchev–Trinajstić information content (AvgIpc) is 2.79. The normalized spacial score (nSPS) is 10.3. The molecule has 30 heavy (non-hydrogen) atoms. The van der Waals surface area contributed by atoms with E-state index in [2.05, 4.69) is 26.1 Å². The number of ether oxygens (including phenoxy) is 2. The molecule has 4 N–H and O–H groups in total. The molecule has 1 aromatic heterocycles. The van der Waals surface area contributed by atoms with E-state index < -0.39 is 0 Å². The third-order valence-electron chi connectivity index (χ3n) is 4.12. The highest BCUT2D eigenvalue weighted by molar-refractivity contribution is 7.97. The fourth-order valence-electron chi connectivity index (χ4n) is 2.68. The number of benzene rings is 2. The maximum absolute atomic E-state index is 9.31. The Balaban J connectivity index is 1.81. The van der Waals surface area contributed by atoms with Gasteiger partial charge in [0.05, 0.1) is 30.4 Å². The third kappa shape index (κ3) is 5.18. The first-order valence-corrected chi connectivity index (χ1v) is 9.96. The largest absolute Gasteiger partial charge is 0.495 e. The zero-order valence-corrected chi connectivity index (χ0v) is 17.5. The van der Waals surface area contributed by atoms with E-state index in [0.29, 0.717) is 36.0 Å². The number of hydrogen-bond donors (Lipinski definition) is 3. The molecule has 0 fully saturated rings. The van der Waals surface area contributed by atoms with Crippen LogP contribution in [0.5, 0.6) is 11.5 Å². The maximum atomic E-state index is 9.31. The van der Waals surface area contributed by atoms with Crippen molar-refractivity contribution in [1.29, 1.82) is 5.26 Å². The highest BCUT2D eigenvalue weighted by atomic mass is 32.2. The number of anilines is 2. The minimum Gasteiger partial charge on any atom is -0.495 e. The lowest BCUT2D eigenvalue weighted by Crippen LogP contribution is -2.15.